The number of carbonyl (C=O) groups is 1. The van der Waals surface area contributed by atoms with E-state index in [1.807, 2.05) is 0 Å². The predicted molar refractivity (Wildman–Crippen MR) is 50.1 cm³/mol. The van der Waals surface area contributed by atoms with Crippen molar-refractivity contribution in [3.8, 4) is 6.19 Å². The van der Waals surface area contributed by atoms with E-state index in [9.17, 15) is 4.79 Å². The fourth-order valence-corrected chi connectivity index (χ4v) is 0.482. The van der Waals surface area contributed by atoms with Crippen LogP contribution in [0.3, 0.4) is 0 Å². The number of hydrogen-bond donors (Lipinski definition) is 1. The average molecular weight is 218 g/mol. The van der Waals surface area contributed by atoms with E-state index in [0.717, 1.165) is 0 Å². The second kappa shape index (κ2) is 12.8. The Morgan fingerprint density at radius 3 is 2.60 bits per heavy atom. The number of nitriles is 1. The monoisotopic (exact) mass is 218 g/mol. The maximum absolute atomic E-state index is 9.18. The molecule has 7 heteroatoms. The second-order valence-corrected chi connectivity index (χ2v) is 1.86. The topological polar surface area (TPSA) is 87.9 Å². The van der Waals surface area contributed by atoms with Gasteiger partial charge in [-0.15, -0.1) is 0 Å². The summed E-state index contributed by atoms with van der Waals surface area (Å²) in [6, 6.07) is 1.68. The molecule has 0 aromatic carbocycles. The van der Waals surface area contributed by atoms with E-state index in [1.165, 1.54) is 0 Å². The molecule has 0 saturated carbocycles. The van der Waals surface area contributed by atoms with E-state index in [4.69, 9.17) is 5.26 Å². The minimum Gasteiger partial charge on any atom is -1.00 e. The number of rotatable bonds is 3. The van der Waals surface area contributed by atoms with Gasteiger partial charge in [-0.25, -0.2) is 9.97 Å². The molecular formula is C8H11N4NaO2. The number of anilines is 1. The third-order valence-corrected chi connectivity index (χ3v) is 0.968. The Morgan fingerprint density at radius 2 is 2.27 bits per heavy atom. The van der Waals surface area contributed by atoms with Crippen LogP contribution in [0, 0.1) is 11.5 Å². The summed E-state index contributed by atoms with van der Waals surface area (Å²) in [7, 11) is 0. The molecule has 1 aromatic heterocycles. The van der Waals surface area contributed by atoms with Crippen molar-refractivity contribution < 1.29 is 40.5 Å². The van der Waals surface area contributed by atoms with Gasteiger partial charge in [-0.2, -0.15) is 5.26 Å². The normalized spacial score (nSPS) is 6.93. The van der Waals surface area contributed by atoms with Gasteiger partial charge in [0.05, 0.1) is 6.61 Å². The molecular weight excluding hydrogens is 207 g/mol. The average Bonchev–Trinajstić information content (AvgIpc) is 2.22. The van der Waals surface area contributed by atoms with Crippen LogP contribution < -0.4 is 34.9 Å². The molecule has 1 rings (SSSR count). The number of aromatic nitrogens is 2. The molecule has 0 radical (unpaired) electrons. The fourth-order valence-electron chi connectivity index (χ4n) is 0.482. The molecule has 0 aliphatic rings. The summed E-state index contributed by atoms with van der Waals surface area (Å²) in [5.74, 6) is 0.333. The maximum Gasteiger partial charge on any atom is 1.00 e. The Labute approximate surface area is 111 Å². The van der Waals surface area contributed by atoms with Crippen molar-refractivity contribution in [1.29, 1.82) is 5.26 Å². The predicted octanol–water partition coefficient (Wildman–Crippen LogP) is -2.33. The van der Waals surface area contributed by atoms with Gasteiger partial charge >= 0.3 is 29.6 Å². The third kappa shape index (κ3) is 10.8. The van der Waals surface area contributed by atoms with Gasteiger partial charge in [0.25, 0.3) is 6.47 Å². The third-order valence-electron chi connectivity index (χ3n) is 0.968. The molecule has 1 heterocycles. The molecule has 0 fully saturated rings. The number of hydrogen-bond acceptors (Lipinski definition) is 6. The van der Waals surface area contributed by atoms with Crippen LogP contribution in [0.15, 0.2) is 18.5 Å². The Bertz CT molecular complexity index is 294. The summed E-state index contributed by atoms with van der Waals surface area (Å²) in [5.41, 5.74) is 0. The van der Waals surface area contributed by atoms with E-state index in [-0.39, 0.29) is 31.0 Å². The molecule has 76 valence electrons. The Morgan fingerprint density at radius 1 is 1.67 bits per heavy atom. The molecule has 1 aromatic rings. The minimum atomic E-state index is 0. The first-order valence-corrected chi connectivity index (χ1v) is 3.82. The Hall–Kier alpha value is -1.16. The molecule has 6 nitrogen and oxygen atoms in total. The summed E-state index contributed by atoms with van der Waals surface area (Å²) < 4.78 is 4.15. The van der Waals surface area contributed by atoms with Gasteiger partial charge in [-0.1, -0.05) is 0 Å². The summed E-state index contributed by atoms with van der Waals surface area (Å²) in [6.45, 7) is 2.66. The van der Waals surface area contributed by atoms with E-state index in [1.54, 1.807) is 31.6 Å². The van der Waals surface area contributed by atoms with Gasteiger partial charge in [0.1, 0.15) is 0 Å². The van der Waals surface area contributed by atoms with Gasteiger partial charge in [-0.3, -0.25) is 10.1 Å². The summed E-state index contributed by atoms with van der Waals surface area (Å²) in [4.78, 5) is 16.6. The smallest absolute Gasteiger partial charge is 1.00 e. The Balaban J connectivity index is -0.000000214. The van der Waals surface area contributed by atoms with Crippen LogP contribution in [0.4, 0.5) is 5.95 Å². The van der Waals surface area contributed by atoms with Crippen molar-refractivity contribution in [3.05, 3.63) is 18.5 Å². The molecule has 0 spiro atoms. The summed E-state index contributed by atoms with van der Waals surface area (Å²) in [5, 5.41) is 10.4. The molecule has 0 aliphatic carbocycles. The standard InChI is InChI=1S/C5H4N4.C3H6O2.Na.H/c6-4-9-5-7-2-1-3-8-5;1-2-5-3-4;;/h1-3H,(H,7,8,9);3H,2H2,1H3;;/q;;+1;-1. The largest absolute Gasteiger partial charge is 1.00 e. The SMILES string of the molecule is CCOC=O.N#CNc1ncccn1.[H-].[Na+]. The minimum absolute atomic E-state index is 0. The van der Waals surface area contributed by atoms with Crippen LogP contribution >= 0.6 is 0 Å². The molecule has 0 bridgehead atoms. The van der Waals surface area contributed by atoms with Crippen molar-refractivity contribution >= 4 is 12.4 Å². The van der Waals surface area contributed by atoms with Gasteiger partial charge < -0.3 is 6.16 Å². The first kappa shape index (κ1) is 16.3. The maximum atomic E-state index is 9.18. The van der Waals surface area contributed by atoms with E-state index >= 15 is 0 Å². The van der Waals surface area contributed by atoms with Gasteiger partial charge in [0.2, 0.25) is 5.95 Å². The van der Waals surface area contributed by atoms with Crippen molar-refractivity contribution in [3.63, 3.8) is 0 Å². The summed E-state index contributed by atoms with van der Waals surface area (Å²) >= 11 is 0. The molecule has 0 unspecified atom stereocenters. The molecule has 0 saturated heterocycles. The molecule has 15 heavy (non-hydrogen) atoms. The van der Waals surface area contributed by atoms with Crippen LogP contribution in [-0.2, 0) is 9.53 Å². The van der Waals surface area contributed by atoms with Crippen LogP contribution in [0.2, 0.25) is 0 Å². The van der Waals surface area contributed by atoms with E-state index in [2.05, 4.69) is 20.0 Å². The zero-order valence-electron chi connectivity index (χ0n) is 9.67. The van der Waals surface area contributed by atoms with Gasteiger partial charge in [0, 0.05) is 12.4 Å². The van der Waals surface area contributed by atoms with Crippen molar-refractivity contribution in [1.82, 2.24) is 9.97 Å². The fraction of sp³-hybridized carbons (Fsp3) is 0.250. The van der Waals surface area contributed by atoms with E-state index in [0.29, 0.717) is 19.0 Å². The van der Waals surface area contributed by atoms with E-state index < -0.39 is 0 Å². The first-order chi connectivity index (χ1) is 6.85. The number of nitrogens with one attached hydrogen (secondary N) is 1. The zero-order valence-corrected chi connectivity index (χ0v) is 10.7. The van der Waals surface area contributed by atoms with Crippen molar-refractivity contribution in [2.24, 2.45) is 0 Å². The first-order valence-electron chi connectivity index (χ1n) is 3.82. The van der Waals surface area contributed by atoms with Crippen LogP contribution in [0.1, 0.15) is 8.35 Å². The van der Waals surface area contributed by atoms with Gasteiger partial charge in [0.15, 0.2) is 6.19 Å². The number of carbonyl (C=O) groups excluding carboxylic acids is 1. The van der Waals surface area contributed by atoms with Crippen LogP contribution in [0.25, 0.3) is 0 Å². The van der Waals surface area contributed by atoms with Crippen molar-refractivity contribution in [2.45, 2.75) is 6.92 Å². The second-order valence-electron chi connectivity index (χ2n) is 1.86. The molecule has 0 amide bonds. The molecule has 0 atom stereocenters. The number of nitrogens with zero attached hydrogens (tertiary/aromatic N) is 3. The molecule has 0 aliphatic heterocycles. The Kier molecular flexibility index (Phi) is 13.9. The van der Waals surface area contributed by atoms with Crippen LogP contribution in [-0.4, -0.2) is 23.0 Å². The van der Waals surface area contributed by atoms with Gasteiger partial charge in [-0.05, 0) is 13.0 Å². The zero-order chi connectivity index (χ0) is 10.6. The van der Waals surface area contributed by atoms with Crippen LogP contribution in [0.5, 0.6) is 0 Å². The molecule has 1 N–H and O–H groups in total. The summed E-state index contributed by atoms with van der Waals surface area (Å²) in [6.07, 6.45) is 4.83. The van der Waals surface area contributed by atoms with Crippen molar-refractivity contribution in [2.75, 3.05) is 11.9 Å². The number of ether oxygens (including phenoxy) is 1. The quantitative estimate of drug-likeness (QED) is 0.265.